The summed E-state index contributed by atoms with van der Waals surface area (Å²) >= 11 is 0. The van der Waals surface area contributed by atoms with Crippen LogP contribution in [0.5, 0.6) is 5.75 Å². The Labute approximate surface area is 115 Å². The first kappa shape index (κ1) is 12.9. The van der Waals surface area contributed by atoms with E-state index in [1.807, 2.05) is 7.11 Å². The van der Waals surface area contributed by atoms with E-state index < -0.39 is 0 Å². The zero-order chi connectivity index (χ0) is 13.2. The maximum absolute atomic E-state index is 5.35. The van der Waals surface area contributed by atoms with Gasteiger partial charge in [0, 0.05) is 19.2 Å². The summed E-state index contributed by atoms with van der Waals surface area (Å²) in [7, 11) is 3.54. The van der Waals surface area contributed by atoms with Crippen molar-refractivity contribution in [2.45, 2.75) is 50.3 Å². The Morgan fingerprint density at radius 2 is 2.05 bits per heavy atom. The van der Waals surface area contributed by atoms with E-state index in [1.165, 1.54) is 30.4 Å². The fourth-order valence-electron chi connectivity index (χ4n) is 3.27. The van der Waals surface area contributed by atoms with Crippen LogP contribution in [0, 0.1) is 0 Å². The van der Waals surface area contributed by atoms with E-state index in [0.29, 0.717) is 18.2 Å². The predicted molar refractivity (Wildman–Crippen MR) is 75.6 cm³/mol. The fraction of sp³-hybridized carbons (Fsp3) is 0.625. The van der Waals surface area contributed by atoms with E-state index in [0.717, 1.165) is 18.6 Å². The summed E-state index contributed by atoms with van der Waals surface area (Å²) in [5, 5.41) is 3.79. The fourth-order valence-corrected chi connectivity index (χ4v) is 3.27. The molecular weight excluding hydrogens is 238 g/mol. The van der Waals surface area contributed by atoms with E-state index >= 15 is 0 Å². The van der Waals surface area contributed by atoms with Crippen molar-refractivity contribution < 1.29 is 9.47 Å². The minimum Gasteiger partial charge on any atom is -0.497 e. The van der Waals surface area contributed by atoms with Crippen molar-refractivity contribution >= 4 is 0 Å². The average molecular weight is 261 g/mol. The highest BCUT2D eigenvalue weighted by Gasteiger charge is 2.32. The van der Waals surface area contributed by atoms with Crippen molar-refractivity contribution in [2.24, 2.45) is 0 Å². The Bertz CT molecular complexity index is 440. The summed E-state index contributed by atoms with van der Waals surface area (Å²) < 4.78 is 10.7. The minimum atomic E-state index is 0.469. The molecule has 19 heavy (non-hydrogen) atoms. The van der Waals surface area contributed by atoms with Gasteiger partial charge in [-0.05, 0) is 55.4 Å². The maximum atomic E-state index is 5.35. The first-order valence-corrected chi connectivity index (χ1v) is 7.26. The number of fused-ring (bicyclic) bond motifs is 1. The number of benzene rings is 1. The van der Waals surface area contributed by atoms with E-state index in [4.69, 9.17) is 9.47 Å². The van der Waals surface area contributed by atoms with Crippen molar-refractivity contribution in [3.05, 3.63) is 29.3 Å². The lowest BCUT2D eigenvalue weighted by molar-refractivity contribution is 0.0135. The van der Waals surface area contributed by atoms with Crippen molar-refractivity contribution in [1.82, 2.24) is 5.32 Å². The second-order valence-electron chi connectivity index (χ2n) is 5.70. The van der Waals surface area contributed by atoms with Gasteiger partial charge in [-0.15, -0.1) is 0 Å². The van der Waals surface area contributed by atoms with Crippen LogP contribution in [0.15, 0.2) is 18.2 Å². The molecule has 3 nitrogen and oxygen atoms in total. The molecule has 1 unspecified atom stereocenters. The Morgan fingerprint density at radius 3 is 2.79 bits per heavy atom. The summed E-state index contributed by atoms with van der Waals surface area (Å²) in [5.74, 6) is 0.975. The molecule has 0 amide bonds. The van der Waals surface area contributed by atoms with Crippen LogP contribution in [-0.4, -0.2) is 26.4 Å². The molecule has 1 aromatic carbocycles. The first-order valence-electron chi connectivity index (χ1n) is 7.26. The third-order valence-electron chi connectivity index (χ3n) is 4.53. The van der Waals surface area contributed by atoms with E-state index in [1.54, 1.807) is 7.11 Å². The molecule has 0 radical (unpaired) electrons. The van der Waals surface area contributed by atoms with Crippen LogP contribution in [0.1, 0.15) is 42.9 Å². The Balaban J connectivity index is 1.68. The second kappa shape index (κ2) is 5.51. The minimum absolute atomic E-state index is 0.469. The van der Waals surface area contributed by atoms with Crippen LogP contribution in [-0.2, 0) is 11.2 Å². The smallest absolute Gasteiger partial charge is 0.119 e. The molecule has 1 fully saturated rings. The Kier molecular flexibility index (Phi) is 3.76. The number of aryl methyl sites for hydroxylation is 1. The normalized spacial score (nSPS) is 29.5. The van der Waals surface area contributed by atoms with Gasteiger partial charge in [-0.3, -0.25) is 0 Å². The summed E-state index contributed by atoms with van der Waals surface area (Å²) in [6.45, 7) is 0. The molecule has 2 aliphatic carbocycles. The molecule has 3 heteroatoms. The number of ether oxygens (including phenoxy) is 2. The molecule has 1 atom stereocenters. The van der Waals surface area contributed by atoms with Crippen LogP contribution in [0.25, 0.3) is 0 Å². The van der Waals surface area contributed by atoms with Gasteiger partial charge in [0.1, 0.15) is 5.75 Å². The molecule has 0 aliphatic heterocycles. The molecule has 104 valence electrons. The molecule has 2 aliphatic rings. The average Bonchev–Trinajstić information content (AvgIpc) is 2.41. The lowest BCUT2D eigenvalue weighted by Crippen LogP contribution is -2.46. The monoisotopic (exact) mass is 261 g/mol. The van der Waals surface area contributed by atoms with Gasteiger partial charge >= 0.3 is 0 Å². The Morgan fingerprint density at radius 1 is 1.21 bits per heavy atom. The number of rotatable bonds is 4. The van der Waals surface area contributed by atoms with Gasteiger partial charge < -0.3 is 14.8 Å². The van der Waals surface area contributed by atoms with E-state index in [2.05, 4.69) is 23.5 Å². The highest BCUT2D eigenvalue weighted by Crippen LogP contribution is 2.34. The lowest BCUT2D eigenvalue weighted by atomic mass is 9.83. The third-order valence-corrected chi connectivity index (χ3v) is 4.53. The number of methoxy groups -OCH3 is 2. The highest BCUT2D eigenvalue weighted by atomic mass is 16.5. The Hall–Kier alpha value is -1.06. The quantitative estimate of drug-likeness (QED) is 0.904. The maximum Gasteiger partial charge on any atom is 0.119 e. The lowest BCUT2D eigenvalue weighted by Gasteiger charge is -2.39. The SMILES string of the molecule is COc1ccc2c(c1)CCCC2NC1CC(OC)C1. The van der Waals surface area contributed by atoms with Crippen molar-refractivity contribution in [3.63, 3.8) is 0 Å². The first-order chi connectivity index (χ1) is 9.30. The second-order valence-corrected chi connectivity index (χ2v) is 5.70. The number of hydrogen-bond acceptors (Lipinski definition) is 3. The van der Waals surface area contributed by atoms with Gasteiger partial charge in [0.05, 0.1) is 13.2 Å². The molecule has 1 aromatic rings. The molecular formula is C16H23NO2. The summed E-state index contributed by atoms with van der Waals surface area (Å²) in [6, 6.07) is 7.65. The van der Waals surface area contributed by atoms with Crippen LogP contribution >= 0.6 is 0 Å². The van der Waals surface area contributed by atoms with Crippen LogP contribution in [0.2, 0.25) is 0 Å². The summed E-state index contributed by atoms with van der Waals surface area (Å²) in [4.78, 5) is 0. The number of hydrogen-bond donors (Lipinski definition) is 1. The van der Waals surface area contributed by atoms with E-state index in [-0.39, 0.29) is 0 Å². The molecule has 1 N–H and O–H groups in total. The molecule has 0 bridgehead atoms. The zero-order valence-electron chi connectivity index (χ0n) is 11.8. The van der Waals surface area contributed by atoms with Crippen molar-refractivity contribution in [3.8, 4) is 5.75 Å². The van der Waals surface area contributed by atoms with Gasteiger partial charge in [-0.1, -0.05) is 6.07 Å². The molecule has 0 saturated heterocycles. The summed E-state index contributed by atoms with van der Waals surface area (Å²) in [5.41, 5.74) is 2.92. The van der Waals surface area contributed by atoms with Crippen LogP contribution < -0.4 is 10.1 Å². The van der Waals surface area contributed by atoms with Crippen LogP contribution in [0.3, 0.4) is 0 Å². The zero-order valence-corrected chi connectivity index (χ0v) is 11.8. The predicted octanol–water partition coefficient (Wildman–Crippen LogP) is 2.84. The van der Waals surface area contributed by atoms with Gasteiger partial charge in [0.2, 0.25) is 0 Å². The molecule has 0 aromatic heterocycles. The molecule has 0 heterocycles. The molecule has 3 rings (SSSR count). The molecule has 1 saturated carbocycles. The topological polar surface area (TPSA) is 30.5 Å². The van der Waals surface area contributed by atoms with Crippen molar-refractivity contribution in [2.75, 3.05) is 14.2 Å². The van der Waals surface area contributed by atoms with Crippen LogP contribution in [0.4, 0.5) is 0 Å². The standard InChI is InChI=1S/C16H23NO2/c1-18-13-6-7-15-11(8-13)4-3-5-16(15)17-12-9-14(10-12)19-2/h6-8,12,14,16-17H,3-5,9-10H2,1-2H3. The van der Waals surface area contributed by atoms with Gasteiger partial charge in [0.15, 0.2) is 0 Å². The van der Waals surface area contributed by atoms with Crippen molar-refractivity contribution in [1.29, 1.82) is 0 Å². The van der Waals surface area contributed by atoms with Gasteiger partial charge in [-0.2, -0.15) is 0 Å². The number of nitrogens with one attached hydrogen (secondary N) is 1. The van der Waals surface area contributed by atoms with E-state index in [9.17, 15) is 0 Å². The molecule has 0 spiro atoms. The third kappa shape index (κ3) is 2.63. The largest absolute Gasteiger partial charge is 0.497 e. The van der Waals surface area contributed by atoms with Gasteiger partial charge in [-0.25, -0.2) is 0 Å². The highest BCUT2D eigenvalue weighted by molar-refractivity contribution is 5.39. The van der Waals surface area contributed by atoms with Gasteiger partial charge in [0.25, 0.3) is 0 Å². The summed E-state index contributed by atoms with van der Waals surface area (Å²) in [6.07, 6.45) is 6.45.